The van der Waals surface area contributed by atoms with E-state index in [9.17, 15) is 4.79 Å². The summed E-state index contributed by atoms with van der Waals surface area (Å²) in [6, 6.07) is 13.4. The van der Waals surface area contributed by atoms with Crippen molar-refractivity contribution < 1.29 is 28.5 Å². The van der Waals surface area contributed by atoms with E-state index in [-0.39, 0.29) is 23.9 Å². The van der Waals surface area contributed by atoms with Crippen LogP contribution in [0.1, 0.15) is 37.3 Å². The van der Waals surface area contributed by atoms with E-state index in [1.54, 1.807) is 14.2 Å². The Balaban J connectivity index is 1.51. The van der Waals surface area contributed by atoms with Crippen LogP contribution in [-0.2, 0) is 25.6 Å². The number of anilines is 1. The number of nitrogens with two attached hydrogens (primary N) is 1. The average molecular weight is 542 g/mol. The van der Waals surface area contributed by atoms with Crippen molar-refractivity contribution in [3.8, 4) is 11.5 Å². The lowest BCUT2D eigenvalue weighted by Gasteiger charge is -2.39. The van der Waals surface area contributed by atoms with Crippen molar-refractivity contribution >= 4 is 11.7 Å². The molecule has 9 nitrogen and oxygen atoms in total. The molecule has 0 spiro atoms. The summed E-state index contributed by atoms with van der Waals surface area (Å²) in [7, 11) is 3.37. The van der Waals surface area contributed by atoms with Crippen molar-refractivity contribution in [3.63, 3.8) is 0 Å². The number of ether oxygens (including phenoxy) is 5. The molecule has 0 saturated carbocycles. The number of piperidine rings is 1. The van der Waals surface area contributed by atoms with Crippen LogP contribution in [0.4, 0.5) is 5.69 Å². The molecule has 4 rings (SSSR count). The van der Waals surface area contributed by atoms with Gasteiger partial charge in [-0.2, -0.15) is 0 Å². The van der Waals surface area contributed by atoms with Crippen LogP contribution in [0, 0.1) is 5.92 Å². The van der Waals surface area contributed by atoms with Crippen LogP contribution in [0.25, 0.3) is 0 Å². The molecule has 2 aliphatic heterocycles. The number of esters is 1. The minimum Gasteiger partial charge on any atom is -0.497 e. The molecule has 0 aliphatic carbocycles. The van der Waals surface area contributed by atoms with E-state index in [4.69, 9.17) is 29.4 Å². The van der Waals surface area contributed by atoms with E-state index in [1.807, 2.05) is 44.2 Å². The number of carbonyl (C=O) groups excluding carboxylic acids is 1. The van der Waals surface area contributed by atoms with Crippen LogP contribution < -0.4 is 25.4 Å². The van der Waals surface area contributed by atoms with E-state index >= 15 is 0 Å². The molecular formula is C30H43N3O6. The normalized spacial score (nSPS) is 21.7. The SMILES string of the molecule is COCCCN1CCOc2ccc(CO[C@H]3CNC[C@@H](OC(=O)[C@@H](N)C(C)C)[C@@H]3c3ccc(OC)cc3)cc21. The number of nitrogens with zero attached hydrogens (tertiary/aromatic N) is 1. The van der Waals surface area contributed by atoms with Gasteiger partial charge >= 0.3 is 5.97 Å². The molecule has 2 heterocycles. The summed E-state index contributed by atoms with van der Waals surface area (Å²) in [5.41, 5.74) is 9.28. The molecule has 39 heavy (non-hydrogen) atoms. The second kappa shape index (κ2) is 14.0. The lowest BCUT2D eigenvalue weighted by atomic mass is 9.85. The van der Waals surface area contributed by atoms with Crippen molar-refractivity contribution in [3.05, 3.63) is 53.6 Å². The molecule has 0 aromatic heterocycles. The molecule has 0 unspecified atom stereocenters. The van der Waals surface area contributed by atoms with Crippen LogP contribution in [-0.4, -0.2) is 77.8 Å². The summed E-state index contributed by atoms with van der Waals surface area (Å²) in [5, 5.41) is 3.39. The molecule has 4 atom stereocenters. The topological polar surface area (TPSA) is 105 Å². The summed E-state index contributed by atoms with van der Waals surface area (Å²) >= 11 is 0. The van der Waals surface area contributed by atoms with Gasteiger partial charge in [-0.25, -0.2) is 0 Å². The lowest BCUT2D eigenvalue weighted by Crippen LogP contribution is -2.52. The third-order valence-corrected chi connectivity index (χ3v) is 7.47. The Morgan fingerprint density at radius 1 is 1.13 bits per heavy atom. The van der Waals surface area contributed by atoms with Crippen molar-refractivity contribution in [2.75, 3.05) is 58.5 Å². The smallest absolute Gasteiger partial charge is 0.323 e. The molecule has 0 radical (unpaired) electrons. The third-order valence-electron chi connectivity index (χ3n) is 7.47. The second-order valence-electron chi connectivity index (χ2n) is 10.5. The molecular weight excluding hydrogens is 498 g/mol. The van der Waals surface area contributed by atoms with Crippen molar-refractivity contribution in [2.45, 2.75) is 51.0 Å². The van der Waals surface area contributed by atoms with Crippen LogP contribution in [0.15, 0.2) is 42.5 Å². The van der Waals surface area contributed by atoms with E-state index in [2.05, 4.69) is 22.3 Å². The average Bonchev–Trinajstić information content (AvgIpc) is 2.96. The summed E-state index contributed by atoms with van der Waals surface area (Å²) in [6.45, 7) is 8.58. The zero-order chi connectivity index (χ0) is 27.8. The predicted molar refractivity (Wildman–Crippen MR) is 151 cm³/mol. The summed E-state index contributed by atoms with van der Waals surface area (Å²) in [6.07, 6.45) is 0.321. The van der Waals surface area contributed by atoms with E-state index in [0.29, 0.717) is 26.3 Å². The van der Waals surface area contributed by atoms with Gasteiger partial charge in [0.2, 0.25) is 0 Å². The van der Waals surface area contributed by atoms with E-state index in [0.717, 1.165) is 54.4 Å². The fraction of sp³-hybridized carbons (Fsp3) is 0.567. The van der Waals surface area contributed by atoms with Gasteiger partial charge in [0, 0.05) is 39.3 Å². The summed E-state index contributed by atoms with van der Waals surface area (Å²) < 4.78 is 29.0. The molecule has 1 fully saturated rings. The quantitative estimate of drug-likeness (QED) is 0.310. The minimum atomic E-state index is -0.674. The van der Waals surface area contributed by atoms with Gasteiger partial charge < -0.3 is 39.6 Å². The number of carbonyl (C=O) groups is 1. The Hall–Kier alpha value is -2.85. The number of fused-ring (bicyclic) bond motifs is 1. The van der Waals surface area contributed by atoms with Crippen molar-refractivity contribution in [2.24, 2.45) is 11.7 Å². The van der Waals surface area contributed by atoms with Gasteiger partial charge in [-0.1, -0.05) is 32.0 Å². The van der Waals surface area contributed by atoms with Gasteiger partial charge in [0.25, 0.3) is 0 Å². The van der Waals surface area contributed by atoms with Gasteiger partial charge in [-0.15, -0.1) is 0 Å². The highest BCUT2D eigenvalue weighted by molar-refractivity contribution is 5.76. The largest absolute Gasteiger partial charge is 0.497 e. The Labute approximate surface area is 231 Å². The first-order chi connectivity index (χ1) is 18.9. The first kappa shape index (κ1) is 29.1. The summed E-state index contributed by atoms with van der Waals surface area (Å²) in [4.78, 5) is 15.2. The standard InChI is InChI=1S/C30H43N3O6/c1-20(2)29(31)30(34)39-27-18-32-17-26(28(27)22-7-9-23(36-4)10-8-22)38-19-21-6-11-25-24(16-21)33(13-15-37-25)12-5-14-35-3/h6-11,16,20,26-29,32H,5,12-15,17-19,31H2,1-4H3/t26-,27+,28+,29-/m0/s1. The Kier molecular flexibility index (Phi) is 10.4. The highest BCUT2D eigenvalue weighted by Crippen LogP contribution is 2.35. The zero-order valence-electron chi connectivity index (χ0n) is 23.6. The highest BCUT2D eigenvalue weighted by Gasteiger charge is 2.39. The number of methoxy groups -OCH3 is 2. The summed E-state index contributed by atoms with van der Waals surface area (Å²) in [5.74, 6) is 1.10. The lowest BCUT2D eigenvalue weighted by molar-refractivity contribution is -0.157. The molecule has 3 N–H and O–H groups in total. The molecule has 2 aromatic carbocycles. The van der Waals surface area contributed by atoms with Gasteiger partial charge in [0.05, 0.1) is 32.1 Å². The third kappa shape index (κ3) is 7.42. The Morgan fingerprint density at radius 2 is 1.90 bits per heavy atom. The van der Waals surface area contributed by atoms with Crippen molar-refractivity contribution in [1.29, 1.82) is 0 Å². The predicted octanol–water partition coefficient (Wildman–Crippen LogP) is 3.10. The fourth-order valence-electron chi connectivity index (χ4n) is 5.14. The zero-order valence-corrected chi connectivity index (χ0v) is 23.6. The van der Waals surface area contributed by atoms with Crippen molar-refractivity contribution in [1.82, 2.24) is 5.32 Å². The maximum Gasteiger partial charge on any atom is 0.323 e. The highest BCUT2D eigenvalue weighted by atomic mass is 16.6. The molecule has 0 bridgehead atoms. The molecule has 1 saturated heterocycles. The minimum absolute atomic E-state index is 0.0115. The van der Waals surface area contributed by atoms with E-state index < -0.39 is 12.1 Å². The monoisotopic (exact) mass is 541 g/mol. The van der Waals surface area contributed by atoms with Gasteiger partial charge in [-0.05, 0) is 47.7 Å². The maximum absolute atomic E-state index is 12.8. The van der Waals surface area contributed by atoms with Crippen LogP contribution in [0.2, 0.25) is 0 Å². The molecule has 2 aliphatic rings. The number of hydrogen-bond donors (Lipinski definition) is 2. The number of benzene rings is 2. The first-order valence-corrected chi connectivity index (χ1v) is 13.8. The first-order valence-electron chi connectivity index (χ1n) is 13.8. The molecule has 214 valence electrons. The van der Waals surface area contributed by atoms with Gasteiger partial charge in [-0.3, -0.25) is 4.79 Å². The molecule has 9 heteroatoms. The van der Waals surface area contributed by atoms with Crippen LogP contribution in [0.3, 0.4) is 0 Å². The van der Waals surface area contributed by atoms with Crippen LogP contribution >= 0.6 is 0 Å². The van der Waals surface area contributed by atoms with Crippen LogP contribution in [0.5, 0.6) is 11.5 Å². The fourth-order valence-corrected chi connectivity index (χ4v) is 5.14. The van der Waals surface area contributed by atoms with Gasteiger partial charge in [0.1, 0.15) is 30.3 Å². The second-order valence-corrected chi connectivity index (χ2v) is 10.5. The molecule has 0 amide bonds. The van der Waals surface area contributed by atoms with E-state index in [1.165, 1.54) is 0 Å². The number of hydrogen-bond acceptors (Lipinski definition) is 9. The number of rotatable bonds is 12. The number of nitrogens with one attached hydrogen (secondary N) is 1. The maximum atomic E-state index is 12.8. The Morgan fingerprint density at radius 3 is 2.62 bits per heavy atom. The van der Waals surface area contributed by atoms with Gasteiger partial charge in [0.15, 0.2) is 0 Å². The Bertz CT molecular complexity index is 1060. The molecule has 2 aromatic rings.